The fourth-order valence-electron chi connectivity index (χ4n) is 3.94. The average Bonchev–Trinajstić information content (AvgIpc) is 3.18. The van der Waals surface area contributed by atoms with Gasteiger partial charge in [-0.2, -0.15) is 5.10 Å². The third-order valence-electron chi connectivity index (χ3n) is 5.52. The normalized spacial score (nSPS) is 14.5. The van der Waals surface area contributed by atoms with Crippen LogP contribution in [0.2, 0.25) is 0 Å². The number of carbonyl (C=O) groups excluding carboxylic acids is 1. The van der Waals surface area contributed by atoms with Gasteiger partial charge in [0.15, 0.2) is 0 Å². The number of aryl methyl sites for hydroxylation is 4. The maximum atomic E-state index is 13.3. The van der Waals surface area contributed by atoms with Gasteiger partial charge < -0.3 is 0 Å². The molecule has 28 heavy (non-hydrogen) atoms. The molecule has 1 amide bonds. The molecule has 0 saturated heterocycles. The SMILES string of the molecule is CCn1ncc(C(=O)Nn2c(C)nc3sc4c(c3c2=O)CCCCCC4)c1C. The minimum atomic E-state index is -0.346. The van der Waals surface area contributed by atoms with Crippen LogP contribution in [0.1, 0.15) is 64.9 Å². The topological polar surface area (TPSA) is 81.8 Å². The number of nitrogens with zero attached hydrogens (tertiary/aromatic N) is 4. The van der Waals surface area contributed by atoms with Crippen LogP contribution in [0.5, 0.6) is 0 Å². The summed E-state index contributed by atoms with van der Waals surface area (Å²) in [5, 5.41) is 4.89. The number of hydrogen-bond acceptors (Lipinski definition) is 5. The highest BCUT2D eigenvalue weighted by molar-refractivity contribution is 7.18. The Morgan fingerprint density at radius 1 is 1.21 bits per heavy atom. The van der Waals surface area contributed by atoms with Crippen molar-refractivity contribution in [3.63, 3.8) is 0 Å². The zero-order valence-corrected chi connectivity index (χ0v) is 17.4. The molecule has 0 radical (unpaired) electrons. The molecule has 0 aromatic carbocycles. The Balaban J connectivity index is 1.76. The molecular weight excluding hydrogens is 374 g/mol. The molecule has 0 spiro atoms. The van der Waals surface area contributed by atoms with Crippen LogP contribution in [0.4, 0.5) is 0 Å². The van der Waals surface area contributed by atoms with Gasteiger partial charge in [-0.25, -0.2) is 9.66 Å². The summed E-state index contributed by atoms with van der Waals surface area (Å²) in [5.74, 6) is 0.141. The number of hydrogen-bond donors (Lipinski definition) is 1. The molecule has 1 aliphatic carbocycles. The van der Waals surface area contributed by atoms with Crippen LogP contribution in [-0.2, 0) is 19.4 Å². The van der Waals surface area contributed by atoms with Gasteiger partial charge in [0.2, 0.25) is 0 Å². The molecule has 8 heteroatoms. The third-order valence-corrected chi connectivity index (χ3v) is 6.70. The molecule has 1 N–H and O–H groups in total. The molecule has 0 bridgehead atoms. The number of carbonyl (C=O) groups is 1. The van der Waals surface area contributed by atoms with Gasteiger partial charge in [-0.15, -0.1) is 11.3 Å². The molecule has 0 atom stereocenters. The summed E-state index contributed by atoms with van der Waals surface area (Å²) in [6, 6.07) is 0. The molecule has 0 aliphatic heterocycles. The first-order chi connectivity index (χ1) is 13.5. The van der Waals surface area contributed by atoms with E-state index in [2.05, 4.69) is 15.5 Å². The average molecular weight is 400 g/mol. The van der Waals surface area contributed by atoms with Crippen LogP contribution < -0.4 is 11.0 Å². The minimum Gasteiger partial charge on any atom is -0.269 e. The first-order valence-electron chi connectivity index (χ1n) is 9.89. The van der Waals surface area contributed by atoms with E-state index in [-0.39, 0.29) is 11.5 Å². The zero-order chi connectivity index (χ0) is 19.8. The number of rotatable bonds is 3. The van der Waals surface area contributed by atoms with E-state index in [9.17, 15) is 9.59 Å². The lowest BCUT2D eigenvalue weighted by Crippen LogP contribution is -2.35. The second-order valence-electron chi connectivity index (χ2n) is 7.30. The molecule has 4 rings (SSSR count). The van der Waals surface area contributed by atoms with E-state index in [0.717, 1.165) is 41.8 Å². The highest BCUT2D eigenvalue weighted by Crippen LogP contribution is 2.32. The standard InChI is InChI=1S/C20H25N5O2S/c1-4-24-12(2)15(11-21-24)18(26)23-25-13(3)22-19-17(20(25)27)14-9-7-5-6-8-10-16(14)28-19/h11H,4-10H2,1-3H3,(H,23,26). The lowest BCUT2D eigenvalue weighted by atomic mass is 9.98. The summed E-state index contributed by atoms with van der Waals surface area (Å²) in [6.45, 7) is 6.26. The Morgan fingerprint density at radius 2 is 1.96 bits per heavy atom. The maximum absolute atomic E-state index is 13.3. The van der Waals surface area contributed by atoms with Crippen LogP contribution in [0.3, 0.4) is 0 Å². The maximum Gasteiger partial charge on any atom is 0.281 e. The lowest BCUT2D eigenvalue weighted by molar-refractivity contribution is 0.101. The smallest absolute Gasteiger partial charge is 0.269 e. The van der Waals surface area contributed by atoms with Crippen molar-refractivity contribution in [1.82, 2.24) is 19.4 Å². The van der Waals surface area contributed by atoms with Crippen LogP contribution in [0.25, 0.3) is 10.2 Å². The Bertz CT molecular complexity index is 1110. The monoisotopic (exact) mass is 399 g/mol. The quantitative estimate of drug-likeness (QED) is 0.732. The molecule has 3 aromatic heterocycles. The van der Waals surface area contributed by atoms with Gasteiger partial charge in [0.25, 0.3) is 11.5 Å². The van der Waals surface area contributed by atoms with E-state index >= 15 is 0 Å². The first kappa shape index (κ1) is 18.9. The Kier molecular flexibility index (Phi) is 5.05. The number of fused-ring (bicyclic) bond motifs is 3. The number of aromatic nitrogens is 4. The van der Waals surface area contributed by atoms with E-state index in [1.165, 1.54) is 22.4 Å². The van der Waals surface area contributed by atoms with E-state index in [1.54, 1.807) is 29.1 Å². The van der Waals surface area contributed by atoms with Crippen LogP contribution >= 0.6 is 11.3 Å². The fraction of sp³-hybridized carbons (Fsp3) is 0.500. The summed E-state index contributed by atoms with van der Waals surface area (Å²) >= 11 is 1.63. The molecule has 3 heterocycles. The van der Waals surface area contributed by atoms with Crippen molar-refractivity contribution in [3.05, 3.63) is 44.1 Å². The van der Waals surface area contributed by atoms with Crippen molar-refractivity contribution in [1.29, 1.82) is 0 Å². The summed E-state index contributed by atoms with van der Waals surface area (Å²) in [6.07, 6.45) is 8.15. The molecule has 0 fully saturated rings. The molecule has 0 saturated carbocycles. The van der Waals surface area contributed by atoms with Crippen molar-refractivity contribution in [2.24, 2.45) is 0 Å². The summed E-state index contributed by atoms with van der Waals surface area (Å²) < 4.78 is 3.05. The number of nitrogens with one attached hydrogen (secondary N) is 1. The Hall–Kier alpha value is -2.48. The molecule has 3 aromatic rings. The Labute approximate surface area is 167 Å². The van der Waals surface area contributed by atoms with Gasteiger partial charge in [-0.1, -0.05) is 12.8 Å². The molecule has 148 valence electrons. The van der Waals surface area contributed by atoms with Crippen LogP contribution in [0.15, 0.2) is 11.0 Å². The predicted molar refractivity (Wildman–Crippen MR) is 111 cm³/mol. The second kappa shape index (κ2) is 7.50. The summed E-state index contributed by atoms with van der Waals surface area (Å²) in [7, 11) is 0. The van der Waals surface area contributed by atoms with Gasteiger partial charge in [0.1, 0.15) is 10.7 Å². The zero-order valence-electron chi connectivity index (χ0n) is 16.5. The third kappa shape index (κ3) is 3.15. The van der Waals surface area contributed by atoms with Crippen molar-refractivity contribution in [2.45, 2.75) is 65.8 Å². The molecular formula is C20H25N5O2S. The van der Waals surface area contributed by atoms with Crippen molar-refractivity contribution in [3.8, 4) is 0 Å². The first-order valence-corrected chi connectivity index (χ1v) is 10.7. The van der Waals surface area contributed by atoms with E-state index < -0.39 is 0 Å². The minimum absolute atomic E-state index is 0.186. The van der Waals surface area contributed by atoms with Crippen LogP contribution in [-0.4, -0.2) is 25.3 Å². The highest BCUT2D eigenvalue weighted by atomic mass is 32.1. The van der Waals surface area contributed by atoms with E-state index in [0.29, 0.717) is 23.3 Å². The lowest BCUT2D eigenvalue weighted by Gasteiger charge is -2.12. The fourth-order valence-corrected chi connectivity index (χ4v) is 5.24. The van der Waals surface area contributed by atoms with Crippen molar-refractivity contribution < 1.29 is 4.79 Å². The van der Waals surface area contributed by atoms with Gasteiger partial charge >= 0.3 is 0 Å². The predicted octanol–water partition coefficient (Wildman–Crippen LogP) is 3.33. The number of amides is 1. The van der Waals surface area contributed by atoms with Gasteiger partial charge in [-0.05, 0) is 52.0 Å². The summed E-state index contributed by atoms with van der Waals surface area (Å²) in [4.78, 5) is 32.8. The molecule has 7 nitrogen and oxygen atoms in total. The molecule has 1 aliphatic rings. The molecule has 0 unspecified atom stereocenters. The van der Waals surface area contributed by atoms with E-state index in [4.69, 9.17) is 0 Å². The van der Waals surface area contributed by atoms with Gasteiger partial charge in [0, 0.05) is 17.1 Å². The van der Waals surface area contributed by atoms with Crippen LogP contribution in [0, 0.1) is 13.8 Å². The van der Waals surface area contributed by atoms with Gasteiger partial charge in [-0.3, -0.25) is 19.7 Å². The summed E-state index contributed by atoms with van der Waals surface area (Å²) in [5.41, 5.74) is 4.94. The van der Waals surface area contributed by atoms with Crippen molar-refractivity contribution in [2.75, 3.05) is 5.43 Å². The number of thiophene rings is 1. The van der Waals surface area contributed by atoms with Gasteiger partial charge in [0.05, 0.1) is 17.1 Å². The second-order valence-corrected chi connectivity index (χ2v) is 8.38. The van der Waals surface area contributed by atoms with E-state index in [1.807, 2.05) is 13.8 Å². The highest BCUT2D eigenvalue weighted by Gasteiger charge is 2.22. The van der Waals surface area contributed by atoms with Crippen molar-refractivity contribution >= 4 is 27.5 Å². The Morgan fingerprint density at radius 3 is 2.68 bits per heavy atom. The largest absolute Gasteiger partial charge is 0.281 e.